The molecule has 0 aliphatic carbocycles. The van der Waals surface area contributed by atoms with Crippen molar-refractivity contribution in [3.8, 4) is 0 Å². The maximum absolute atomic E-state index is 14.1. The van der Waals surface area contributed by atoms with Crippen LogP contribution in [-0.4, -0.2) is 21.6 Å². The number of aryl methyl sites for hydroxylation is 1. The highest BCUT2D eigenvalue weighted by atomic mass is 35.5. The Morgan fingerprint density at radius 3 is 3.05 bits per heavy atom. The number of nitrogens with zero attached hydrogens (tertiary/aromatic N) is 2. The first-order chi connectivity index (χ1) is 9.65. The lowest BCUT2D eigenvalue weighted by Crippen LogP contribution is -2.24. The van der Waals surface area contributed by atoms with Crippen LogP contribution in [0.2, 0.25) is 5.02 Å². The van der Waals surface area contributed by atoms with E-state index in [4.69, 9.17) is 11.6 Å². The fourth-order valence-corrected chi connectivity index (χ4v) is 3.22. The average molecular weight is 294 g/mol. The Kier molecular flexibility index (Phi) is 3.76. The first kappa shape index (κ1) is 13.6. The van der Waals surface area contributed by atoms with Crippen LogP contribution < -0.4 is 0 Å². The first-order valence-electron chi connectivity index (χ1n) is 6.84. The Balaban J connectivity index is 1.85. The Hall–Kier alpha value is -1.39. The summed E-state index contributed by atoms with van der Waals surface area (Å²) in [6, 6.07) is 6.96. The van der Waals surface area contributed by atoms with Crippen LogP contribution >= 0.6 is 11.6 Å². The van der Waals surface area contributed by atoms with E-state index in [1.54, 1.807) is 12.1 Å². The summed E-state index contributed by atoms with van der Waals surface area (Å²) in [5.41, 5.74) is 2.65. The van der Waals surface area contributed by atoms with Crippen molar-refractivity contribution >= 4 is 11.6 Å². The third-order valence-electron chi connectivity index (χ3n) is 3.82. The van der Waals surface area contributed by atoms with Crippen LogP contribution in [0.15, 0.2) is 24.3 Å². The SMILES string of the molecule is Cc1cc(CN2CCCC2c2c(F)cccc2Cl)n[nH]1. The van der Waals surface area contributed by atoms with E-state index in [2.05, 4.69) is 15.1 Å². The van der Waals surface area contributed by atoms with Crippen molar-refractivity contribution in [1.29, 1.82) is 0 Å². The largest absolute Gasteiger partial charge is 0.290 e. The lowest BCUT2D eigenvalue weighted by molar-refractivity contribution is 0.241. The quantitative estimate of drug-likeness (QED) is 0.932. The van der Waals surface area contributed by atoms with E-state index in [9.17, 15) is 4.39 Å². The first-order valence-corrected chi connectivity index (χ1v) is 7.22. The third kappa shape index (κ3) is 2.58. The predicted molar refractivity (Wildman–Crippen MR) is 77.1 cm³/mol. The molecule has 2 aromatic rings. The van der Waals surface area contributed by atoms with Gasteiger partial charge in [-0.05, 0) is 44.5 Å². The standard InChI is InChI=1S/C15H17ClFN3/c1-10-8-11(19-18-10)9-20-7-3-6-14(20)15-12(16)4-2-5-13(15)17/h2,4-5,8,14H,3,6-7,9H2,1H3,(H,18,19). The van der Waals surface area contributed by atoms with E-state index in [1.807, 2.05) is 13.0 Å². The van der Waals surface area contributed by atoms with Crippen LogP contribution in [0.3, 0.4) is 0 Å². The minimum Gasteiger partial charge on any atom is -0.290 e. The van der Waals surface area contributed by atoms with Crippen LogP contribution in [0.1, 0.15) is 35.8 Å². The molecular formula is C15H17ClFN3. The van der Waals surface area contributed by atoms with Gasteiger partial charge in [0.2, 0.25) is 0 Å². The van der Waals surface area contributed by atoms with Gasteiger partial charge in [-0.25, -0.2) is 4.39 Å². The minimum atomic E-state index is -0.215. The van der Waals surface area contributed by atoms with Gasteiger partial charge in [0.15, 0.2) is 0 Å². The zero-order valence-corrected chi connectivity index (χ0v) is 12.1. The molecule has 1 aromatic carbocycles. The number of hydrogen-bond acceptors (Lipinski definition) is 2. The van der Waals surface area contributed by atoms with Gasteiger partial charge in [0.25, 0.3) is 0 Å². The summed E-state index contributed by atoms with van der Waals surface area (Å²) in [4.78, 5) is 2.25. The van der Waals surface area contributed by atoms with Gasteiger partial charge in [-0.1, -0.05) is 17.7 Å². The molecule has 2 heterocycles. The van der Waals surface area contributed by atoms with E-state index in [1.165, 1.54) is 6.07 Å². The van der Waals surface area contributed by atoms with Gasteiger partial charge in [-0.15, -0.1) is 0 Å². The molecule has 1 aliphatic heterocycles. The molecule has 1 unspecified atom stereocenters. The lowest BCUT2D eigenvalue weighted by Gasteiger charge is -2.25. The smallest absolute Gasteiger partial charge is 0.129 e. The number of rotatable bonds is 3. The van der Waals surface area contributed by atoms with Crippen molar-refractivity contribution in [2.75, 3.05) is 6.54 Å². The number of nitrogens with one attached hydrogen (secondary N) is 1. The van der Waals surface area contributed by atoms with E-state index in [0.717, 1.165) is 37.3 Å². The summed E-state index contributed by atoms with van der Waals surface area (Å²) in [5, 5.41) is 7.72. The second kappa shape index (κ2) is 5.54. The number of H-pyrrole nitrogens is 1. The van der Waals surface area contributed by atoms with Crippen molar-refractivity contribution in [2.24, 2.45) is 0 Å². The molecule has 20 heavy (non-hydrogen) atoms. The maximum Gasteiger partial charge on any atom is 0.129 e. The van der Waals surface area contributed by atoms with Gasteiger partial charge < -0.3 is 0 Å². The fraction of sp³-hybridized carbons (Fsp3) is 0.400. The van der Waals surface area contributed by atoms with Crippen LogP contribution in [0, 0.1) is 12.7 Å². The second-order valence-electron chi connectivity index (χ2n) is 5.31. The summed E-state index contributed by atoms with van der Waals surface area (Å²) in [6.07, 6.45) is 1.99. The Morgan fingerprint density at radius 2 is 2.35 bits per heavy atom. The van der Waals surface area contributed by atoms with Gasteiger partial charge in [-0.2, -0.15) is 5.10 Å². The number of benzene rings is 1. The van der Waals surface area contributed by atoms with Crippen LogP contribution in [0.5, 0.6) is 0 Å². The number of hydrogen-bond donors (Lipinski definition) is 1. The van der Waals surface area contributed by atoms with Gasteiger partial charge >= 0.3 is 0 Å². The number of aromatic nitrogens is 2. The number of aromatic amines is 1. The molecule has 0 spiro atoms. The molecule has 1 aromatic heterocycles. The molecule has 0 radical (unpaired) electrons. The normalized spacial score (nSPS) is 19.6. The lowest BCUT2D eigenvalue weighted by atomic mass is 10.0. The molecule has 1 N–H and O–H groups in total. The van der Waals surface area contributed by atoms with E-state index < -0.39 is 0 Å². The van der Waals surface area contributed by atoms with Crippen molar-refractivity contribution in [3.63, 3.8) is 0 Å². The number of likely N-dealkylation sites (tertiary alicyclic amines) is 1. The van der Waals surface area contributed by atoms with Crippen LogP contribution in [0.25, 0.3) is 0 Å². The highest BCUT2D eigenvalue weighted by Crippen LogP contribution is 2.37. The predicted octanol–water partition coefficient (Wildman–Crippen LogP) is 3.85. The fourth-order valence-electron chi connectivity index (χ4n) is 2.93. The zero-order valence-electron chi connectivity index (χ0n) is 11.4. The molecule has 1 saturated heterocycles. The second-order valence-corrected chi connectivity index (χ2v) is 5.71. The van der Waals surface area contributed by atoms with Crippen molar-refractivity contribution in [3.05, 3.63) is 52.1 Å². The summed E-state index contributed by atoms with van der Waals surface area (Å²) < 4.78 is 14.1. The van der Waals surface area contributed by atoms with Crippen LogP contribution in [0.4, 0.5) is 4.39 Å². The zero-order chi connectivity index (χ0) is 14.1. The molecule has 3 nitrogen and oxygen atoms in total. The summed E-state index contributed by atoms with van der Waals surface area (Å²) in [6.45, 7) is 3.65. The van der Waals surface area contributed by atoms with E-state index in [-0.39, 0.29) is 11.9 Å². The molecule has 1 atom stereocenters. The number of halogens is 2. The molecule has 0 bridgehead atoms. The van der Waals surface area contributed by atoms with E-state index >= 15 is 0 Å². The molecule has 106 valence electrons. The van der Waals surface area contributed by atoms with Gasteiger partial charge in [0.1, 0.15) is 5.82 Å². The topological polar surface area (TPSA) is 31.9 Å². The summed E-state index contributed by atoms with van der Waals surface area (Å²) in [7, 11) is 0. The minimum absolute atomic E-state index is 0.0423. The molecule has 1 aliphatic rings. The molecule has 5 heteroatoms. The molecule has 0 amide bonds. The van der Waals surface area contributed by atoms with Crippen molar-refractivity contribution in [1.82, 2.24) is 15.1 Å². The summed E-state index contributed by atoms with van der Waals surface area (Å²) in [5.74, 6) is -0.215. The van der Waals surface area contributed by atoms with Crippen LogP contribution in [-0.2, 0) is 6.54 Å². The van der Waals surface area contributed by atoms with E-state index in [0.29, 0.717) is 10.6 Å². The molecule has 0 saturated carbocycles. The van der Waals surface area contributed by atoms with Gasteiger partial charge in [-0.3, -0.25) is 10.00 Å². The monoisotopic (exact) mass is 293 g/mol. The summed E-state index contributed by atoms with van der Waals surface area (Å²) >= 11 is 6.19. The van der Waals surface area contributed by atoms with Crippen molar-refractivity contribution in [2.45, 2.75) is 32.4 Å². The average Bonchev–Trinajstić information content (AvgIpc) is 3.00. The molecule has 1 fully saturated rings. The third-order valence-corrected chi connectivity index (χ3v) is 4.15. The Morgan fingerprint density at radius 1 is 1.50 bits per heavy atom. The van der Waals surface area contributed by atoms with Crippen molar-refractivity contribution < 1.29 is 4.39 Å². The molecular weight excluding hydrogens is 277 g/mol. The van der Waals surface area contributed by atoms with Gasteiger partial charge in [0.05, 0.1) is 5.69 Å². The highest BCUT2D eigenvalue weighted by Gasteiger charge is 2.30. The van der Waals surface area contributed by atoms with Gasteiger partial charge in [0, 0.05) is 28.9 Å². The highest BCUT2D eigenvalue weighted by molar-refractivity contribution is 6.31. The maximum atomic E-state index is 14.1. The molecule has 3 rings (SSSR count). The Bertz CT molecular complexity index is 591. The Labute approximate surface area is 122 Å².